The number of benzene rings is 1. The first-order valence-corrected chi connectivity index (χ1v) is 10.7. The molecule has 1 fully saturated rings. The highest BCUT2D eigenvalue weighted by Gasteiger charge is 2.28. The van der Waals surface area contributed by atoms with Gasteiger partial charge in [-0.05, 0) is 39.8 Å². The topological polar surface area (TPSA) is 90.5 Å². The van der Waals surface area contributed by atoms with Crippen LogP contribution < -0.4 is 5.32 Å². The van der Waals surface area contributed by atoms with Crippen molar-refractivity contribution in [1.82, 2.24) is 30.0 Å². The van der Waals surface area contributed by atoms with Crippen LogP contribution in [0, 0.1) is 0 Å². The highest BCUT2D eigenvalue weighted by atomic mass is 32.2. The van der Waals surface area contributed by atoms with Crippen molar-refractivity contribution in [2.75, 3.05) is 11.1 Å². The first kappa shape index (κ1) is 19.6. The van der Waals surface area contributed by atoms with E-state index in [4.69, 9.17) is 0 Å². The number of tetrazole rings is 1. The summed E-state index contributed by atoms with van der Waals surface area (Å²) in [5.74, 6) is 0.820. The van der Waals surface area contributed by atoms with Crippen molar-refractivity contribution in [1.29, 1.82) is 0 Å². The Kier molecular flexibility index (Phi) is 5.40. The minimum atomic E-state index is -0.106. The van der Waals surface area contributed by atoms with E-state index in [1.54, 1.807) is 16.9 Å². The van der Waals surface area contributed by atoms with Crippen LogP contribution in [0.5, 0.6) is 0 Å². The van der Waals surface area contributed by atoms with Gasteiger partial charge in [0.25, 0.3) is 0 Å². The second-order valence-corrected chi connectivity index (χ2v) is 9.24. The number of nitrogens with zero attached hydrogens (tertiary/aromatic N) is 6. The molecular weight excluding hydrogens is 386 g/mol. The molecule has 29 heavy (non-hydrogen) atoms. The molecule has 8 nitrogen and oxygen atoms in total. The lowest BCUT2D eigenvalue weighted by Gasteiger charge is -2.19. The van der Waals surface area contributed by atoms with E-state index >= 15 is 0 Å². The van der Waals surface area contributed by atoms with Crippen molar-refractivity contribution >= 4 is 23.5 Å². The van der Waals surface area contributed by atoms with Gasteiger partial charge >= 0.3 is 0 Å². The van der Waals surface area contributed by atoms with Crippen molar-refractivity contribution in [2.24, 2.45) is 0 Å². The van der Waals surface area contributed by atoms with Crippen LogP contribution >= 0.6 is 11.8 Å². The van der Waals surface area contributed by atoms with Gasteiger partial charge in [0.15, 0.2) is 0 Å². The van der Waals surface area contributed by atoms with Crippen molar-refractivity contribution < 1.29 is 4.79 Å². The molecule has 9 heteroatoms. The number of carbonyl (C=O) groups is 1. The number of amides is 1. The highest BCUT2D eigenvalue weighted by Crippen LogP contribution is 2.36. The molecule has 152 valence electrons. The number of thioether (sulfide) groups is 1. The number of carbonyl (C=O) groups excluding carboxylic acids is 1. The second kappa shape index (κ2) is 7.98. The first-order chi connectivity index (χ1) is 13.9. The van der Waals surface area contributed by atoms with Crippen LogP contribution in [0.3, 0.4) is 0 Å². The van der Waals surface area contributed by atoms with E-state index in [1.807, 2.05) is 4.68 Å². The average molecular weight is 412 g/mol. The van der Waals surface area contributed by atoms with E-state index in [2.05, 4.69) is 71.0 Å². The Bertz CT molecular complexity index is 983. The molecule has 2 heterocycles. The summed E-state index contributed by atoms with van der Waals surface area (Å²) < 4.78 is 3.60. The zero-order chi connectivity index (χ0) is 20.4. The second-order valence-electron chi connectivity index (χ2n) is 8.30. The number of rotatable bonds is 7. The minimum absolute atomic E-state index is 0.106. The molecule has 0 spiro atoms. The van der Waals surface area contributed by atoms with E-state index in [0.29, 0.717) is 23.6 Å². The van der Waals surface area contributed by atoms with Crippen LogP contribution in [0.25, 0.3) is 0 Å². The fourth-order valence-corrected chi connectivity index (χ4v) is 3.73. The van der Waals surface area contributed by atoms with Gasteiger partial charge in [-0.15, -0.1) is 5.10 Å². The number of hydrogen-bond acceptors (Lipinski definition) is 6. The molecular formula is C20H25N7OS. The summed E-state index contributed by atoms with van der Waals surface area (Å²) in [6.45, 7) is 7.19. The van der Waals surface area contributed by atoms with Gasteiger partial charge in [-0.2, -0.15) is 5.10 Å². The third-order valence-corrected chi connectivity index (χ3v) is 5.76. The fourth-order valence-electron chi connectivity index (χ4n) is 2.99. The zero-order valence-electron chi connectivity index (χ0n) is 16.9. The van der Waals surface area contributed by atoms with Gasteiger partial charge in [0.1, 0.15) is 5.82 Å². The number of hydrogen-bond donors (Lipinski definition) is 1. The normalized spacial score (nSPS) is 14.2. The summed E-state index contributed by atoms with van der Waals surface area (Å²) in [5.41, 5.74) is 2.55. The van der Waals surface area contributed by atoms with Crippen molar-refractivity contribution in [3.05, 3.63) is 47.7 Å². The molecule has 1 aliphatic carbocycles. The molecule has 1 aromatic carbocycles. The molecule has 4 rings (SSSR count). The molecule has 0 aliphatic heterocycles. The van der Waals surface area contributed by atoms with Crippen molar-refractivity contribution in [3.8, 4) is 0 Å². The Labute approximate surface area is 174 Å². The average Bonchev–Trinajstić information content (AvgIpc) is 3.26. The van der Waals surface area contributed by atoms with Crippen LogP contribution in [0.4, 0.5) is 5.82 Å². The first-order valence-electron chi connectivity index (χ1n) is 9.72. The Hall–Kier alpha value is -2.68. The predicted octanol–water partition coefficient (Wildman–Crippen LogP) is 3.28. The maximum absolute atomic E-state index is 12.4. The van der Waals surface area contributed by atoms with Crippen molar-refractivity contribution in [2.45, 2.75) is 56.8 Å². The van der Waals surface area contributed by atoms with E-state index in [-0.39, 0.29) is 17.1 Å². The number of aromatic nitrogens is 6. The van der Waals surface area contributed by atoms with Crippen LogP contribution in [0.1, 0.15) is 50.8 Å². The van der Waals surface area contributed by atoms with E-state index in [0.717, 1.165) is 18.4 Å². The molecule has 0 radical (unpaired) electrons. The van der Waals surface area contributed by atoms with E-state index in [1.165, 1.54) is 17.3 Å². The molecule has 3 aromatic rings. The number of anilines is 1. The molecule has 0 unspecified atom stereocenters. The quantitative estimate of drug-likeness (QED) is 0.600. The van der Waals surface area contributed by atoms with E-state index < -0.39 is 0 Å². The van der Waals surface area contributed by atoms with Gasteiger partial charge in [0, 0.05) is 6.07 Å². The summed E-state index contributed by atoms with van der Waals surface area (Å²) in [6.07, 6.45) is 3.89. The maximum Gasteiger partial charge on any atom is 0.235 e. The third kappa shape index (κ3) is 4.84. The summed E-state index contributed by atoms with van der Waals surface area (Å²) in [5, 5.41) is 19.7. The summed E-state index contributed by atoms with van der Waals surface area (Å²) in [4.78, 5) is 12.4. The minimum Gasteiger partial charge on any atom is -0.310 e. The summed E-state index contributed by atoms with van der Waals surface area (Å²) in [6, 6.07) is 10.7. The molecule has 0 saturated heterocycles. The molecule has 1 N–H and O–H groups in total. The lowest BCUT2D eigenvalue weighted by Crippen LogP contribution is -2.18. The highest BCUT2D eigenvalue weighted by molar-refractivity contribution is 7.99. The molecule has 1 saturated carbocycles. The molecule has 2 aromatic heterocycles. The largest absolute Gasteiger partial charge is 0.310 e. The Morgan fingerprint density at radius 2 is 1.97 bits per heavy atom. The maximum atomic E-state index is 12.4. The molecule has 1 aliphatic rings. The van der Waals surface area contributed by atoms with Gasteiger partial charge in [-0.3, -0.25) is 4.79 Å². The lowest BCUT2D eigenvalue weighted by molar-refractivity contribution is -0.113. The van der Waals surface area contributed by atoms with Crippen LogP contribution in [0.2, 0.25) is 0 Å². The van der Waals surface area contributed by atoms with Crippen LogP contribution in [-0.4, -0.2) is 41.6 Å². The lowest BCUT2D eigenvalue weighted by atomic mass is 9.87. The Morgan fingerprint density at radius 1 is 1.21 bits per heavy atom. The summed E-state index contributed by atoms with van der Waals surface area (Å²) >= 11 is 1.35. The van der Waals surface area contributed by atoms with E-state index in [9.17, 15) is 4.79 Å². The van der Waals surface area contributed by atoms with Gasteiger partial charge in [-0.25, -0.2) is 9.36 Å². The Morgan fingerprint density at radius 3 is 2.66 bits per heavy atom. The molecule has 1 amide bonds. The summed E-state index contributed by atoms with van der Waals surface area (Å²) in [7, 11) is 0. The van der Waals surface area contributed by atoms with Gasteiger partial charge in [0.2, 0.25) is 11.1 Å². The predicted molar refractivity (Wildman–Crippen MR) is 112 cm³/mol. The number of nitrogens with one attached hydrogen (secondary N) is 1. The zero-order valence-corrected chi connectivity index (χ0v) is 17.7. The Balaban J connectivity index is 1.35. The van der Waals surface area contributed by atoms with Crippen molar-refractivity contribution in [3.63, 3.8) is 0 Å². The molecule has 0 bridgehead atoms. The van der Waals surface area contributed by atoms with Crippen LogP contribution in [0.15, 0.2) is 41.7 Å². The van der Waals surface area contributed by atoms with Gasteiger partial charge in [-0.1, -0.05) is 56.8 Å². The van der Waals surface area contributed by atoms with Gasteiger partial charge in [0.05, 0.1) is 24.5 Å². The smallest absolute Gasteiger partial charge is 0.235 e. The third-order valence-electron chi connectivity index (χ3n) is 4.82. The van der Waals surface area contributed by atoms with Crippen LogP contribution in [-0.2, 0) is 16.8 Å². The molecule has 0 atom stereocenters. The fraction of sp³-hybridized carbons (Fsp3) is 0.450. The monoisotopic (exact) mass is 411 g/mol. The van der Waals surface area contributed by atoms with Gasteiger partial charge < -0.3 is 5.32 Å². The standard InChI is InChI=1S/C20H25N7OS/c1-20(2,3)15-6-4-14(5-7-15)12-26-17(10-11-21-26)22-18(28)13-29-19-23-24-25-27(19)16-8-9-16/h4-7,10-11,16H,8-9,12-13H2,1-3H3,(H,22,28). The SMILES string of the molecule is CC(C)(C)c1ccc(Cn2nccc2NC(=O)CSc2nnnn2C2CC2)cc1.